The minimum Gasteiger partial charge on any atom is -0.454 e. The number of nitrogens with one attached hydrogen (secondary N) is 1. The minimum absolute atomic E-state index is 0.0979. The number of fused-ring (bicyclic) bond motifs is 2. The first-order valence-corrected chi connectivity index (χ1v) is 9.24. The summed E-state index contributed by atoms with van der Waals surface area (Å²) in [5.41, 5.74) is 0.282. The third-order valence-corrected chi connectivity index (χ3v) is 5.19. The standard InChI is InChI=1S/C17H14N4O5S/c22-14(18-9-1-4-12-13(5-9)26-8-25-12)6-20-11-7-27-19-15(11)16(23)21(17(20)24)10-2-3-10/h1,4-5,7,10H,2-3,6,8H2,(H,18,22). The summed E-state index contributed by atoms with van der Waals surface area (Å²) in [4.78, 5) is 37.8. The van der Waals surface area contributed by atoms with Gasteiger partial charge in [-0.1, -0.05) is 0 Å². The highest BCUT2D eigenvalue weighted by Gasteiger charge is 2.29. The van der Waals surface area contributed by atoms with Crippen molar-refractivity contribution in [3.8, 4) is 11.5 Å². The number of rotatable bonds is 4. The molecule has 1 saturated carbocycles. The number of nitrogens with zero attached hydrogens (tertiary/aromatic N) is 3. The van der Waals surface area contributed by atoms with E-state index in [2.05, 4.69) is 9.69 Å². The van der Waals surface area contributed by atoms with Gasteiger partial charge in [-0.3, -0.25) is 18.7 Å². The summed E-state index contributed by atoms with van der Waals surface area (Å²) in [6, 6.07) is 4.97. The highest BCUT2D eigenvalue weighted by molar-refractivity contribution is 7.04. The van der Waals surface area contributed by atoms with Crippen molar-refractivity contribution in [3.63, 3.8) is 0 Å². The van der Waals surface area contributed by atoms with Crippen molar-refractivity contribution in [1.29, 1.82) is 0 Å². The van der Waals surface area contributed by atoms with Crippen LogP contribution in [0.1, 0.15) is 18.9 Å². The maximum atomic E-state index is 12.8. The van der Waals surface area contributed by atoms with Gasteiger partial charge >= 0.3 is 5.69 Å². The van der Waals surface area contributed by atoms with E-state index in [-0.39, 0.29) is 36.4 Å². The largest absolute Gasteiger partial charge is 0.454 e. The van der Waals surface area contributed by atoms with Gasteiger partial charge in [0.15, 0.2) is 17.0 Å². The summed E-state index contributed by atoms with van der Waals surface area (Å²) in [5.74, 6) is 0.785. The van der Waals surface area contributed by atoms with Crippen molar-refractivity contribution in [1.82, 2.24) is 13.5 Å². The zero-order valence-electron chi connectivity index (χ0n) is 14.0. The third-order valence-electron chi connectivity index (χ3n) is 4.57. The molecule has 3 aromatic rings. The van der Waals surface area contributed by atoms with Gasteiger partial charge in [-0.15, -0.1) is 0 Å². The van der Waals surface area contributed by atoms with Crippen molar-refractivity contribution in [3.05, 3.63) is 44.4 Å². The van der Waals surface area contributed by atoms with E-state index in [4.69, 9.17) is 9.47 Å². The molecule has 1 aliphatic heterocycles. The zero-order valence-corrected chi connectivity index (χ0v) is 14.8. The fraction of sp³-hybridized carbons (Fsp3) is 0.294. The second-order valence-electron chi connectivity index (χ2n) is 6.44. The molecular weight excluding hydrogens is 372 g/mol. The maximum Gasteiger partial charge on any atom is 0.332 e. The summed E-state index contributed by atoms with van der Waals surface area (Å²) in [7, 11) is 0. The molecule has 0 bridgehead atoms. The Morgan fingerprint density at radius 2 is 2.07 bits per heavy atom. The Balaban J connectivity index is 1.47. The Kier molecular flexibility index (Phi) is 3.54. The van der Waals surface area contributed by atoms with Gasteiger partial charge in [-0.2, -0.15) is 4.37 Å². The Morgan fingerprint density at radius 3 is 2.89 bits per heavy atom. The average Bonchev–Trinajstić information content (AvgIpc) is 3.17. The third kappa shape index (κ3) is 2.69. The number of hydrogen-bond donors (Lipinski definition) is 1. The summed E-state index contributed by atoms with van der Waals surface area (Å²) < 4.78 is 17.2. The molecule has 1 amide bonds. The molecule has 0 unspecified atom stereocenters. The lowest BCUT2D eigenvalue weighted by Crippen LogP contribution is -2.41. The van der Waals surface area contributed by atoms with Crippen LogP contribution in [0.25, 0.3) is 11.0 Å². The number of hydrogen-bond acceptors (Lipinski definition) is 7. The lowest BCUT2D eigenvalue weighted by molar-refractivity contribution is -0.116. The van der Waals surface area contributed by atoms with Crippen molar-refractivity contribution in [2.24, 2.45) is 0 Å². The molecule has 9 nitrogen and oxygen atoms in total. The van der Waals surface area contributed by atoms with E-state index in [1.807, 2.05) is 0 Å². The number of ether oxygens (including phenoxy) is 2. The van der Waals surface area contributed by atoms with Gasteiger partial charge in [-0.05, 0) is 36.5 Å². The van der Waals surface area contributed by atoms with Crippen LogP contribution in [0.5, 0.6) is 11.5 Å². The fourth-order valence-electron chi connectivity index (χ4n) is 3.13. The first-order valence-electron chi connectivity index (χ1n) is 8.41. The van der Waals surface area contributed by atoms with Crippen molar-refractivity contribution < 1.29 is 14.3 Å². The SMILES string of the molecule is O=C(Cn1c(=O)n(C2CC2)c(=O)c2nscc21)Nc1ccc2c(c1)OCO2. The van der Waals surface area contributed by atoms with Crippen molar-refractivity contribution >= 4 is 34.2 Å². The average molecular weight is 386 g/mol. The molecule has 1 aliphatic carbocycles. The van der Waals surface area contributed by atoms with Gasteiger partial charge in [0, 0.05) is 23.2 Å². The monoisotopic (exact) mass is 386 g/mol. The van der Waals surface area contributed by atoms with Gasteiger partial charge in [-0.25, -0.2) is 4.79 Å². The molecule has 138 valence electrons. The number of amides is 1. The Hall–Kier alpha value is -3.14. The van der Waals surface area contributed by atoms with Crippen LogP contribution in [-0.2, 0) is 11.3 Å². The molecule has 0 spiro atoms. The number of carbonyl (C=O) groups is 1. The number of benzene rings is 1. The van der Waals surface area contributed by atoms with Gasteiger partial charge in [0.1, 0.15) is 6.54 Å². The van der Waals surface area contributed by atoms with E-state index in [1.54, 1.807) is 23.6 Å². The molecule has 2 aliphatic rings. The molecule has 0 radical (unpaired) electrons. The number of anilines is 1. The minimum atomic E-state index is -0.476. The Morgan fingerprint density at radius 1 is 1.26 bits per heavy atom. The lowest BCUT2D eigenvalue weighted by Gasteiger charge is -2.11. The topological polar surface area (TPSA) is 104 Å². The first kappa shape index (κ1) is 16.1. The van der Waals surface area contributed by atoms with Crippen molar-refractivity contribution in [2.45, 2.75) is 25.4 Å². The van der Waals surface area contributed by atoms with Crippen LogP contribution >= 0.6 is 11.5 Å². The number of aromatic nitrogens is 3. The van der Waals surface area contributed by atoms with E-state index in [9.17, 15) is 14.4 Å². The van der Waals surface area contributed by atoms with Gasteiger partial charge in [0.25, 0.3) is 5.56 Å². The molecule has 10 heteroatoms. The molecule has 2 aromatic heterocycles. The Labute approximate surface area is 155 Å². The summed E-state index contributed by atoms with van der Waals surface area (Å²) >= 11 is 1.09. The molecule has 0 saturated heterocycles. The maximum absolute atomic E-state index is 12.8. The second kappa shape index (κ2) is 5.95. The highest BCUT2D eigenvalue weighted by atomic mass is 32.1. The van der Waals surface area contributed by atoms with Gasteiger partial charge in [0.05, 0.1) is 5.52 Å². The lowest BCUT2D eigenvalue weighted by atomic mass is 10.2. The summed E-state index contributed by atoms with van der Waals surface area (Å²) in [6.07, 6.45) is 1.57. The predicted molar refractivity (Wildman–Crippen MR) is 97.6 cm³/mol. The normalized spacial score (nSPS) is 15.3. The molecule has 27 heavy (non-hydrogen) atoms. The molecule has 3 heterocycles. The van der Waals surface area contributed by atoms with Gasteiger partial charge in [0.2, 0.25) is 12.7 Å². The second-order valence-corrected chi connectivity index (χ2v) is 7.07. The van der Waals surface area contributed by atoms with E-state index >= 15 is 0 Å². The van der Waals surface area contributed by atoms with Crippen LogP contribution < -0.4 is 26.0 Å². The molecule has 1 fully saturated rings. The van der Waals surface area contributed by atoms with E-state index in [0.717, 1.165) is 24.4 Å². The smallest absolute Gasteiger partial charge is 0.332 e. The van der Waals surface area contributed by atoms with Crippen molar-refractivity contribution in [2.75, 3.05) is 12.1 Å². The van der Waals surface area contributed by atoms with Crippen LogP contribution in [0.15, 0.2) is 33.2 Å². The molecule has 5 rings (SSSR count). The van der Waals surface area contributed by atoms with E-state index < -0.39 is 5.69 Å². The van der Waals surface area contributed by atoms with Crippen LogP contribution in [-0.4, -0.2) is 26.2 Å². The molecule has 0 atom stereocenters. The van der Waals surface area contributed by atoms with E-state index in [1.165, 1.54) is 9.13 Å². The quantitative estimate of drug-likeness (QED) is 0.725. The fourth-order valence-corrected chi connectivity index (χ4v) is 3.80. The Bertz CT molecular complexity index is 1190. The number of carbonyl (C=O) groups excluding carboxylic acids is 1. The predicted octanol–water partition coefficient (Wildman–Crippen LogP) is 1.32. The van der Waals surface area contributed by atoms with E-state index in [0.29, 0.717) is 22.7 Å². The first-order chi connectivity index (χ1) is 13.1. The summed E-state index contributed by atoms with van der Waals surface area (Å²) in [5, 5.41) is 4.36. The van der Waals surface area contributed by atoms with Crippen LogP contribution in [0.4, 0.5) is 5.69 Å². The highest BCUT2D eigenvalue weighted by Crippen LogP contribution is 2.34. The van der Waals surface area contributed by atoms with Crippen LogP contribution in [0.2, 0.25) is 0 Å². The summed E-state index contributed by atoms with van der Waals surface area (Å²) in [6.45, 7) is -0.0663. The molecule has 1 aromatic carbocycles. The van der Waals surface area contributed by atoms with Gasteiger partial charge < -0.3 is 14.8 Å². The molecule has 1 N–H and O–H groups in total. The van der Waals surface area contributed by atoms with Crippen LogP contribution in [0, 0.1) is 0 Å². The van der Waals surface area contributed by atoms with Crippen LogP contribution in [0.3, 0.4) is 0 Å². The zero-order chi connectivity index (χ0) is 18.5. The molecular formula is C17H14N4O5S.